The van der Waals surface area contributed by atoms with Gasteiger partial charge in [-0.05, 0) is 48.2 Å². The first-order valence-corrected chi connectivity index (χ1v) is 11.8. The maximum absolute atomic E-state index is 14.2. The third kappa shape index (κ3) is 4.57. The van der Waals surface area contributed by atoms with Gasteiger partial charge >= 0.3 is 0 Å². The van der Waals surface area contributed by atoms with Crippen molar-refractivity contribution in [3.63, 3.8) is 0 Å². The Balaban J connectivity index is 1.51. The van der Waals surface area contributed by atoms with Crippen LogP contribution in [0.15, 0.2) is 49.3 Å². The summed E-state index contributed by atoms with van der Waals surface area (Å²) < 4.78 is 32.6. The van der Waals surface area contributed by atoms with E-state index >= 15 is 0 Å². The third-order valence-corrected chi connectivity index (χ3v) is 6.65. The molecule has 2 aromatic heterocycles. The number of benzene rings is 1. The highest BCUT2D eigenvalue weighted by Crippen LogP contribution is 2.39. The Morgan fingerprint density at radius 1 is 1.32 bits per heavy atom. The largest absolute Gasteiger partial charge is 0.496 e. The third-order valence-electron chi connectivity index (χ3n) is 6.65. The van der Waals surface area contributed by atoms with E-state index in [4.69, 9.17) is 14.2 Å². The molecule has 5 rings (SSSR count). The van der Waals surface area contributed by atoms with Gasteiger partial charge < -0.3 is 14.2 Å². The molecule has 1 saturated carbocycles. The predicted molar refractivity (Wildman–Crippen MR) is 127 cm³/mol. The van der Waals surface area contributed by atoms with Crippen molar-refractivity contribution in [2.24, 2.45) is 5.92 Å². The molecule has 1 aromatic carbocycles. The van der Waals surface area contributed by atoms with E-state index in [-0.39, 0.29) is 17.1 Å². The molecule has 3 heterocycles. The van der Waals surface area contributed by atoms with Crippen molar-refractivity contribution in [2.75, 3.05) is 20.3 Å². The fraction of sp³-hybridized carbons (Fsp3) is 0.407. The summed E-state index contributed by atoms with van der Waals surface area (Å²) in [4.78, 5) is 17.7. The Kier molecular flexibility index (Phi) is 6.37. The first-order valence-electron chi connectivity index (χ1n) is 11.8. The number of nitrogens with zero attached hydrogens (tertiary/aromatic N) is 2. The summed E-state index contributed by atoms with van der Waals surface area (Å²) in [7, 11) is 1.51. The minimum atomic E-state index is -1.74. The number of ether oxygens (including phenoxy) is 3. The Bertz CT molecular complexity index is 1210. The zero-order valence-electron chi connectivity index (χ0n) is 19.3. The van der Waals surface area contributed by atoms with Gasteiger partial charge in [-0.25, -0.2) is 4.98 Å². The molecule has 1 aliphatic carbocycles. The fourth-order valence-electron chi connectivity index (χ4n) is 4.41. The smallest absolute Gasteiger partial charge is 0.257 e. The van der Waals surface area contributed by atoms with Crippen molar-refractivity contribution in [3.05, 3.63) is 60.4 Å². The average Bonchev–Trinajstić information content (AvgIpc) is 3.53. The van der Waals surface area contributed by atoms with E-state index in [9.17, 15) is 9.18 Å². The molecule has 0 spiro atoms. The van der Waals surface area contributed by atoms with Crippen LogP contribution in [-0.4, -0.2) is 41.8 Å². The maximum Gasteiger partial charge on any atom is 0.257 e. The van der Waals surface area contributed by atoms with Gasteiger partial charge in [0.25, 0.3) is 6.36 Å². The second-order valence-electron chi connectivity index (χ2n) is 9.08. The van der Waals surface area contributed by atoms with E-state index in [2.05, 4.69) is 23.7 Å². The number of carbonyl (C=O) groups excluding carboxylic acids is 1. The molecule has 1 atom stereocenters. The number of aromatic nitrogens is 2. The maximum atomic E-state index is 14.2. The van der Waals surface area contributed by atoms with Crippen LogP contribution in [0, 0.1) is 5.92 Å². The summed E-state index contributed by atoms with van der Waals surface area (Å²) >= 11 is 0. The van der Waals surface area contributed by atoms with E-state index in [1.807, 2.05) is 10.6 Å². The zero-order valence-corrected chi connectivity index (χ0v) is 19.3. The number of halogens is 1. The predicted octanol–water partition coefficient (Wildman–Crippen LogP) is 5.75. The van der Waals surface area contributed by atoms with E-state index < -0.39 is 6.36 Å². The molecule has 34 heavy (non-hydrogen) atoms. The lowest BCUT2D eigenvalue weighted by Gasteiger charge is -2.26. The van der Waals surface area contributed by atoms with Gasteiger partial charge in [-0.1, -0.05) is 25.8 Å². The minimum Gasteiger partial charge on any atom is -0.496 e. The zero-order chi connectivity index (χ0) is 23.7. The van der Waals surface area contributed by atoms with Gasteiger partial charge in [0.1, 0.15) is 22.7 Å². The number of imidazole rings is 1. The second-order valence-corrected chi connectivity index (χ2v) is 9.08. The Labute approximate surface area is 198 Å². The molecule has 2 fully saturated rings. The van der Waals surface area contributed by atoms with E-state index in [0.29, 0.717) is 23.7 Å². The second kappa shape index (κ2) is 9.58. The number of hydrogen-bond donors (Lipinski definition) is 0. The molecule has 3 aromatic rings. The summed E-state index contributed by atoms with van der Waals surface area (Å²) in [6.07, 6.45) is 7.75. The molecule has 2 aliphatic rings. The van der Waals surface area contributed by atoms with Crippen molar-refractivity contribution in [1.82, 2.24) is 9.38 Å². The molecule has 0 N–H and O–H groups in total. The molecule has 7 heteroatoms. The van der Waals surface area contributed by atoms with Crippen molar-refractivity contribution in [2.45, 2.75) is 44.4 Å². The average molecular weight is 465 g/mol. The quantitative estimate of drug-likeness (QED) is 0.267. The number of rotatable bonds is 11. The monoisotopic (exact) mass is 464 g/mol. The van der Waals surface area contributed by atoms with Crippen LogP contribution < -0.4 is 9.47 Å². The lowest BCUT2D eigenvalue weighted by molar-refractivity contribution is 0.00843. The van der Waals surface area contributed by atoms with Crippen LogP contribution >= 0.6 is 0 Å². The molecular weight excluding hydrogens is 435 g/mol. The first kappa shape index (κ1) is 22.6. The summed E-state index contributed by atoms with van der Waals surface area (Å²) in [5, 5.41) is 0. The van der Waals surface area contributed by atoms with Crippen LogP contribution in [-0.2, 0) is 4.74 Å². The molecule has 0 amide bonds. The van der Waals surface area contributed by atoms with Gasteiger partial charge in [0.15, 0.2) is 5.78 Å². The Morgan fingerprint density at radius 2 is 2.12 bits per heavy atom. The first-order chi connectivity index (χ1) is 16.6. The lowest BCUT2D eigenvalue weighted by atomic mass is 9.98. The lowest BCUT2D eigenvalue weighted by Crippen LogP contribution is -2.25. The van der Waals surface area contributed by atoms with Crippen LogP contribution in [0.25, 0.3) is 16.9 Å². The highest BCUT2D eigenvalue weighted by molar-refractivity contribution is 6.02. The topological polar surface area (TPSA) is 62.1 Å². The molecule has 1 saturated heterocycles. The standard InChI is InChI=1S/C27H29FN2O4/c1-3-25(28)34-24-12-19(11-23(32-2)27(24)22(31)6-4-5-17-7-8-17)21-14-29-26-13-18(9-10-30(21)26)20-15-33-16-20/h3,9-14,17,20,25H,1,4-8,15-16H2,2H3. The van der Waals surface area contributed by atoms with Gasteiger partial charge in [0.05, 0.1) is 32.2 Å². The van der Waals surface area contributed by atoms with Crippen LogP contribution in [0.1, 0.15) is 53.9 Å². The van der Waals surface area contributed by atoms with Crippen molar-refractivity contribution >= 4 is 11.4 Å². The molecule has 6 nitrogen and oxygen atoms in total. The number of Topliss-reactive ketones (excluding diaryl/α,β-unsaturated/α-hetero) is 1. The van der Waals surface area contributed by atoms with E-state index in [1.165, 1.54) is 25.5 Å². The van der Waals surface area contributed by atoms with Crippen LogP contribution in [0.4, 0.5) is 4.39 Å². The normalized spacial score (nSPS) is 16.8. The number of fused-ring (bicyclic) bond motifs is 1. The number of carbonyl (C=O) groups is 1. The SMILES string of the molecule is C=CC(F)Oc1cc(-c2cnc3cc(C4COC4)ccn23)cc(OC)c1C(=O)CCCC1CC1. The molecule has 0 bridgehead atoms. The van der Waals surface area contributed by atoms with E-state index in [0.717, 1.165) is 49.4 Å². The van der Waals surface area contributed by atoms with Gasteiger partial charge in [0.2, 0.25) is 0 Å². The van der Waals surface area contributed by atoms with Gasteiger partial charge in [-0.2, -0.15) is 4.39 Å². The molecule has 178 valence electrons. The summed E-state index contributed by atoms with van der Waals surface area (Å²) in [6, 6.07) is 7.59. The summed E-state index contributed by atoms with van der Waals surface area (Å²) in [5.74, 6) is 1.54. The Hall–Kier alpha value is -3.19. The van der Waals surface area contributed by atoms with Crippen molar-refractivity contribution in [1.29, 1.82) is 0 Å². The number of hydrogen-bond acceptors (Lipinski definition) is 5. The molecule has 0 radical (unpaired) electrons. The van der Waals surface area contributed by atoms with Gasteiger partial charge in [-0.15, -0.1) is 0 Å². The Morgan fingerprint density at radius 3 is 2.79 bits per heavy atom. The summed E-state index contributed by atoms with van der Waals surface area (Å²) in [5.41, 5.74) is 3.76. The number of pyridine rings is 1. The number of methoxy groups -OCH3 is 1. The van der Waals surface area contributed by atoms with Crippen molar-refractivity contribution < 1.29 is 23.4 Å². The number of alkyl halides is 1. The molecular formula is C27H29FN2O4. The van der Waals surface area contributed by atoms with Crippen LogP contribution in [0.3, 0.4) is 0 Å². The molecule has 1 unspecified atom stereocenters. The van der Waals surface area contributed by atoms with Gasteiger partial charge in [0, 0.05) is 24.1 Å². The van der Waals surface area contributed by atoms with Crippen LogP contribution in [0.5, 0.6) is 11.5 Å². The van der Waals surface area contributed by atoms with Crippen LogP contribution in [0.2, 0.25) is 0 Å². The van der Waals surface area contributed by atoms with Gasteiger partial charge in [-0.3, -0.25) is 9.20 Å². The van der Waals surface area contributed by atoms with Crippen molar-refractivity contribution in [3.8, 4) is 22.8 Å². The highest BCUT2D eigenvalue weighted by atomic mass is 19.1. The fourth-order valence-corrected chi connectivity index (χ4v) is 4.41. The van der Waals surface area contributed by atoms with E-state index in [1.54, 1.807) is 18.3 Å². The molecule has 1 aliphatic heterocycles. The number of ketones is 1. The summed E-state index contributed by atoms with van der Waals surface area (Å²) in [6.45, 7) is 4.91. The highest BCUT2D eigenvalue weighted by Gasteiger charge is 2.26. The minimum absolute atomic E-state index is 0.110.